The Balaban J connectivity index is 1.32. The number of rotatable bonds is 11. The normalized spacial score (nSPS) is 13.8. The van der Waals surface area contributed by atoms with Gasteiger partial charge in [0, 0.05) is 66.0 Å². The highest BCUT2D eigenvalue weighted by atomic mass is 19.1. The lowest BCUT2D eigenvalue weighted by Crippen LogP contribution is -2.36. The number of nitrogens with one attached hydrogen (secondary N) is 1. The molecule has 0 aliphatic carbocycles. The van der Waals surface area contributed by atoms with E-state index in [0.717, 1.165) is 62.3 Å². The molecule has 6 rings (SSSR count). The Morgan fingerprint density at radius 1 is 1.02 bits per heavy atom. The van der Waals surface area contributed by atoms with Crippen molar-refractivity contribution in [2.45, 2.75) is 26.3 Å². The summed E-state index contributed by atoms with van der Waals surface area (Å²) in [5.74, 6) is -0.131. The maximum atomic E-state index is 15.0. The van der Waals surface area contributed by atoms with Gasteiger partial charge in [0.25, 0.3) is 0 Å². The summed E-state index contributed by atoms with van der Waals surface area (Å²) in [6.07, 6.45) is 7.01. The van der Waals surface area contributed by atoms with Crippen LogP contribution in [0.15, 0.2) is 67.1 Å². The van der Waals surface area contributed by atoms with Crippen LogP contribution in [0.2, 0.25) is 0 Å². The average molecular weight is 586 g/mol. The Bertz CT molecular complexity index is 1670. The van der Waals surface area contributed by atoms with Crippen molar-refractivity contribution in [1.29, 1.82) is 0 Å². The lowest BCUT2D eigenvalue weighted by atomic mass is 10.1. The van der Waals surface area contributed by atoms with Crippen molar-refractivity contribution >= 4 is 22.4 Å². The second-order valence-electron chi connectivity index (χ2n) is 10.3. The predicted octanol–water partition coefficient (Wildman–Crippen LogP) is 5.62. The number of aromatic nitrogens is 5. The first-order valence-corrected chi connectivity index (χ1v) is 14.5. The highest BCUT2D eigenvalue weighted by molar-refractivity contribution is 5.91. The second kappa shape index (κ2) is 13.2. The molecule has 1 aliphatic rings. The third kappa shape index (κ3) is 6.63. The largest absolute Gasteiger partial charge is 0.494 e. The molecule has 1 saturated heterocycles. The van der Waals surface area contributed by atoms with Crippen LogP contribution >= 0.6 is 0 Å². The van der Waals surface area contributed by atoms with Gasteiger partial charge in [-0.3, -0.25) is 14.6 Å². The third-order valence-electron chi connectivity index (χ3n) is 7.43. The van der Waals surface area contributed by atoms with E-state index in [-0.39, 0.29) is 17.9 Å². The first-order chi connectivity index (χ1) is 21.1. The summed E-state index contributed by atoms with van der Waals surface area (Å²) >= 11 is 0. The van der Waals surface area contributed by atoms with E-state index in [9.17, 15) is 8.78 Å². The summed E-state index contributed by atoms with van der Waals surface area (Å²) in [4.78, 5) is 16.2. The molecule has 43 heavy (non-hydrogen) atoms. The highest BCUT2D eigenvalue weighted by Crippen LogP contribution is 2.30. The number of benzene rings is 2. The van der Waals surface area contributed by atoms with Gasteiger partial charge < -0.3 is 14.8 Å². The van der Waals surface area contributed by atoms with Gasteiger partial charge in [-0.1, -0.05) is 18.2 Å². The molecular formula is C32H33F2N7O2. The van der Waals surface area contributed by atoms with Crippen LogP contribution in [0.5, 0.6) is 5.75 Å². The molecule has 0 amide bonds. The minimum atomic E-state index is -0.689. The van der Waals surface area contributed by atoms with Gasteiger partial charge in [-0.25, -0.2) is 18.7 Å². The summed E-state index contributed by atoms with van der Waals surface area (Å²) in [6, 6.07) is 13.7. The summed E-state index contributed by atoms with van der Waals surface area (Å²) in [7, 11) is 0. The smallest absolute Gasteiger partial charge is 0.182 e. The highest BCUT2D eigenvalue weighted by Gasteiger charge is 2.20. The van der Waals surface area contributed by atoms with Crippen LogP contribution in [0.25, 0.3) is 22.4 Å². The molecule has 11 heteroatoms. The molecule has 2 aromatic carbocycles. The minimum absolute atomic E-state index is 0.0974. The number of hydrogen-bond acceptors (Lipinski definition) is 8. The van der Waals surface area contributed by atoms with Crippen molar-refractivity contribution in [3.63, 3.8) is 0 Å². The van der Waals surface area contributed by atoms with E-state index >= 15 is 0 Å². The number of hydrogen-bond donors (Lipinski definition) is 1. The van der Waals surface area contributed by atoms with E-state index in [1.807, 2.05) is 42.6 Å². The van der Waals surface area contributed by atoms with Crippen LogP contribution in [-0.4, -0.2) is 69.1 Å². The number of anilines is 2. The quantitative estimate of drug-likeness (QED) is 0.214. The first-order valence-electron chi connectivity index (χ1n) is 14.5. The molecule has 0 saturated carbocycles. The monoisotopic (exact) mass is 585 g/mol. The van der Waals surface area contributed by atoms with E-state index in [1.54, 1.807) is 24.0 Å². The maximum absolute atomic E-state index is 15.0. The van der Waals surface area contributed by atoms with Crippen molar-refractivity contribution in [3.05, 3.63) is 89.9 Å². The summed E-state index contributed by atoms with van der Waals surface area (Å²) in [5, 5.41) is 8.98. The van der Waals surface area contributed by atoms with E-state index in [2.05, 4.69) is 15.2 Å². The number of fused-ring (bicyclic) bond motifs is 1. The number of morpholine rings is 1. The molecule has 3 aromatic heterocycles. The fraction of sp³-hybridized carbons (Fsp3) is 0.312. The molecule has 4 heterocycles. The number of halogens is 2. The van der Waals surface area contributed by atoms with E-state index in [4.69, 9.17) is 24.5 Å². The maximum Gasteiger partial charge on any atom is 0.182 e. The lowest BCUT2D eigenvalue weighted by Gasteiger charge is -2.26. The lowest BCUT2D eigenvalue weighted by molar-refractivity contribution is 0.0374. The van der Waals surface area contributed by atoms with Gasteiger partial charge in [-0.05, 0) is 44.5 Å². The van der Waals surface area contributed by atoms with Crippen LogP contribution in [0.3, 0.4) is 0 Å². The van der Waals surface area contributed by atoms with Crippen molar-refractivity contribution < 1.29 is 18.3 Å². The van der Waals surface area contributed by atoms with Gasteiger partial charge in [-0.2, -0.15) is 5.10 Å². The van der Waals surface area contributed by atoms with Crippen molar-refractivity contribution in [2.24, 2.45) is 0 Å². The second-order valence-corrected chi connectivity index (χ2v) is 10.3. The molecule has 0 atom stereocenters. The molecule has 0 spiro atoms. The molecule has 0 radical (unpaired) electrons. The van der Waals surface area contributed by atoms with Gasteiger partial charge >= 0.3 is 0 Å². The molecular weight excluding hydrogens is 552 g/mol. The zero-order chi connectivity index (χ0) is 29.6. The van der Waals surface area contributed by atoms with Gasteiger partial charge in [0.05, 0.1) is 31.9 Å². The topological polar surface area (TPSA) is 90.2 Å². The molecule has 222 valence electrons. The van der Waals surface area contributed by atoms with Gasteiger partial charge in [0.1, 0.15) is 28.9 Å². The van der Waals surface area contributed by atoms with Crippen LogP contribution in [0.1, 0.15) is 24.5 Å². The molecule has 5 aromatic rings. The van der Waals surface area contributed by atoms with Crippen molar-refractivity contribution in [1.82, 2.24) is 29.6 Å². The third-order valence-corrected chi connectivity index (χ3v) is 7.43. The zero-order valence-electron chi connectivity index (χ0n) is 24.0. The Hall–Kier alpha value is -4.48. The Morgan fingerprint density at radius 2 is 1.79 bits per heavy atom. The van der Waals surface area contributed by atoms with Crippen LogP contribution in [-0.2, 0) is 17.7 Å². The molecule has 1 N–H and O–H groups in total. The minimum Gasteiger partial charge on any atom is -0.494 e. The van der Waals surface area contributed by atoms with E-state index in [0.29, 0.717) is 29.5 Å². The van der Waals surface area contributed by atoms with Crippen LogP contribution < -0.4 is 10.1 Å². The zero-order valence-corrected chi connectivity index (χ0v) is 24.0. The molecule has 1 aliphatic heterocycles. The number of para-hydroxylation sites is 1. The Labute approximate surface area is 248 Å². The Morgan fingerprint density at radius 3 is 2.56 bits per heavy atom. The van der Waals surface area contributed by atoms with Gasteiger partial charge in [0.15, 0.2) is 5.82 Å². The fourth-order valence-corrected chi connectivity index (χ4v) is 5.25. The van der Waals surface area contributed by atoms with Crippen molar-refractivity contribution in [3.8, 4) is 17.3 Å². The number of pyridine rings is 1. The Kier molecular flexibility index (Phi) is 8.80. The van der Waals surface area contributed by atoms with Crippen molar-refractivity contribution in [2.75, 3.05) is 44.8 Å². The summed E-state index contributed by atoms with van der Waals surface area (Å²) in [6.45, 7) is 6.36. The standard InChI is InChI=1S/C32H33F2N7O2/c1-2-43-24-18-27(33)26(28(34)19-24)21-41-29-8-4-3-7-25(29)30(39-41)32-36-20-22(6-5-13-40-14-16-42-17-15-40)31(38-32)37-23-9-11-35-12-10-23/h3-4,7-12,18-20H,2,5-6,13-17,21H2,1H3,(H,35,36,37,38). The average Bonchev–Trinajstić information content (AvgIpc) is 3.39. The van der Waals surface area contributed by atoms with Gasteiger partial charge in [0.2, 0.25) is 0 Å². The fourth-order valence-electron chi connectivity index (χ4n) is 5.25. The summed E-state index contributed by atoms with van der Waals surface area (Å²) in [5.41, 5.74) is 2.98. The number of nitrogens with zero attached hydrogens (tertiary/aromatic N) is 6. The number of ether oxygens (including phenoxy) is 2. The SMILES string of the molecule is CCOc1cc(F)c(Cn2nc(-c3ncc(CCCN4CCOCC4)c(Nc4ccncc4)n3)c3ccccc32)c(F)c1. The molecule has 9 nitrogen and oxygen atoms in total. The molecule has 0 bridgehead atoms. The van der Waals surface area contributed by atoms with E-state index in [1.165, 1.54) is 12.1 Å². The molecule has 1 fully saturated rings. The predicted molar refractivity (Wildman–Crippen MR) is 160 cm³/mol. The first kappa shape index (κ1) is 28.6. The van der Waals surface area contributed by atoms with Crippen LogP contribution in [0, 0.1) is 11.6 Å². The summed E-state index contributed by atoms with van der Waals surface area (Å²) < 4.78 is 42.3. The number of aryl methyl sites for hydroxylation is 1. The van der Waals surface area contributed by atoms with Gasteiger partial charge in [-0.15, -0.1) is 0 Å². The van der Waals surface area contributed by atoms with E-state index < -0.39 is 11.6 Å². The molecule has 0 unspecified atom stereocenters. The van der Waals surface area contributed by atoms with Crippen LogP contribution in [0.4, 0.5) is 20.3 Å².